The normalized spacial score (nSPS) is 10.7. The first kappa shape index (κ1) is 14.3. The Morgan fingerprint density at radius 3 is 2.72 bits per heavy atom. The molecule has 0 aliphatic carbocycles. The lowest BCUT2D eigenvalue weighted by molar-refractivity contribution is -0.142. The maximum atomic E-state index is 12.9. The van der Waals surface area contributed by atoms with Crippen molar-refractivity contribution in [2.24, 2.45) is 5.73 Å². The standard InChI is InChI=1S/C11H14F2N2O3/c1-2-18-9(17)4-6-3-8(16)15-7(5-14)10(6)11(12)13/h3,11H,2,4-5,14H2,1H3,(H,15,16). The zero-order valence-electron chi connectivity index (χ0n) is 9.83. The molecule has 0 aromatic carbocycles. The van der Waals surface area contributed by atoms with Crippen LogP contribution in [-0.4, -0.2) is 17.6 Å². The third-order valence-corrected chi connectivity index (χ3v) is 2.31. The fourth-order valence-corrected chi connectivity index (χ4v) is 1.63. The number of pyridine rings is 1. The van der Waals surface area contributed by atoms with E-state index in [-0.39, 0.29) is 30.8 Å². The number of alkyl halides is 2. The topological polar surface area (TPSA) is 85.2 Å². The lowest BCUT2D eigenvalue weighted by atomic mass is 10.0. The van der Waals surface area contributed by atoms with Gasteiger partial charge in [-0.1, -0.05) is 0 Å². The molecule has 0 aliphatic rings. The second kappa shape index (κ2) is 6.25. The molecule has 0 aliphatic heterocycles. The molecule has 18 heavy (non-hydrogen) atoms. The summed E-state index contributed by atoms with van der Waals surface area (Å²) in [5, 5.41) is 0. The Kier molecular flexibility index (Phi) is 4.96. The Bertz CT molecular complexity index is 486. The summed E-state index contributed by atoms with van der Waals surface area (Å²) in [5.74, 6) is -0.659. The van der Waals surface area contributed by atoms with Gasteiger partial charge in [0.1, 0.15) is 0 Å². The van der Waals surface area contributed by atoms with Crippen LogP contribution in [0.2, 0.25) is 0 Å². The van der Waals surface area contributed by atoms with Gasteiger partial charge < -0.3 is 15.5 Å². The predicted octanol–water partition coefficient (Wildman–Crippen LogP) is 0.877. The highest BCUT2D eigenvalue weighted by atomic mass is 19.3. The molecule has 3 N–H and O–H groups in total. The molecule has 7 heteroatoms. The van der Waals surface area contributed by atoms with Gasteiger partial charge in [0.2, 0.25) is 5.56 Å². The molecule has 0 bridgehead atoms. The number of hydrogen-bond donors (Lipinski definition) is 2. The van der Waals surface area contributed by atoms with Crippen LogP contribution in [0.1, 0.15) is 30.2 Å². The van der Waals surface area contributed by atoms with Gasteiger partial charge in [0, 0.05) is 23.9 Å². The van der Waals surface area contributed by atoms with E-state index in [1.807, 2.05) is 0 Å². The van der Waals surface area contributed by atoms with E-state index in [0.29, 0.717) is 0 Å². The average Bonchev–Trinajstić information content (AvgIpc) is 2.27. The highest BCUT2D eigenvalue weighted by Crippen LogP contribution is 2.25. The van der Waals surface area contributed by atoms with Crippen molar-refractivity contribution < 1.29 is 18.3 Å². The van der Waals surface area contributed by atoms with Crippen molar-refractivity contribution in [2.75, 3.05) is 6.61 Å². The maximum absolute atomic E-state index is 12.9. The number of carbonyl (C=O) groups excluding carboxylic acids is 1. The smallest absolute Gasteiger partial charge is 0.310 e. The summed E-state index contributed by atoms with van der Waals surface area (Å²) in [5.41, 5.74) is 4.22. The van der Waals surface area contributed by atoms with Crippen LogP contribution in [0.5, 0.6) is 0 Å². The third kappa shape index (κ3) is 3.36. The van der Waals surface area contributed by atoms with Crippen molar-refractivity contribution in [3.05, 3.63) is 33.2 Å². The van der Waals surface area contributed by atoms with E-state index in [1.54, 1.807) is 6.92 Å². The van der Waals surface area contributed by atoms with Gasteiger partial charge in [0.25, 0.3) is 6.43 Å². The second-order valence-corrected chi connectivity index (χ2v) is 3.54. The third-order valence-electron chi connectivity index (χ3n) is 2.31. The average molecular weight is 260 g/mol. The van der Waals surface area contributed by atoms with Crippen molar-refractivity contribution in [2.45, 2.75) is 26.3 Å². The van der Waals surface area contributed by atoms with Crippen molar-refractivity contribution >= 4 is 5.97 Å². The summed E-state index contributed by atoms with van der Waals surface area (Å²) in [6.45, 7) is 1.52. The molecule has 1 heterocycles. The minimum atomic E-state index is -2.81. The first-order chi connectivity index (χ1) is 8.49. The highest BCUT2D eigenvalue weighted by molar-refractivity contribution is 5.73. The van der Waals surface area contributed by atoms with Crippen LogP contribution in [0.4, 0.5) is 8.78 Å². The van der Waals surface area contributed by atoms with Crippen LogP contribution in [0.3, 0.4) is 0 Å². The molecule has 1 aromatic rings. The highest BCUT2D eigenvalue weighted by Gasteiger charge is 2.20. The number of halogens is 2. The van der Waals surface area contributed by atoms with Gasteiger partial charge in [-0.25, -0.2) is 8.78 Å². The molecule has 1 aromatic heterocycles. The first-order valence-electron chi connectivity index (χ1n) is 5.38. The second-order valence-electron chi connectivity index (χ2n) is 3.54. The maximum Gasteiger partial charge on any atom is 0.310 e. The molecule has 0 atom stereocenters. The minimum absolute atomic E-state index is 0.0485. The van der Waals surface area contributed by atoms with Crippen molar-refractivity contribution in [3.8, 4) is 0 Å². The molecule has 0 amide bonds. The molecular weight excluding hydrogens is 246 g/mol. The zero-order chi connectivity index (χ0) is 13.7. The van der Waals surface area contributed by atoms with Gasteiger partial charge in [-0.3, -0.25) is 9.59 Å². The van der Waals surface area contributed by atoms with Crippen LogP contribution in [0.25, 0.3) is 0 Å². The van der Waals surface area contributed by atoms with E-state index in [0.717, 1.165) is 6.07 Å². The van der Waals surface area contributed by atoms with E-state index < -0.39 is 23.5 Å². The minimum Gasteiger partial charge on any atom is -0.466 e. The predicted molar refractivity (Wildman–Crippen MR) is 60.2 cm³/mol. The van der Waals surface area contributed by atoms with Crippen LogP contribution >= 0.6 is 0 Å². The van der Waals surface area contributed by atoms with Crippen LogP contribution in [0, 0.1) is 0 Å². The Balaban J connectivity index is 3.19. The number of aromatic nitrogens is 1. The number of rotatable bonds is 5. The zero-order valence-corrected chi connectivity index (χ0v) is 9.83. The van der Waals surface area contributed by atoms with E-state index in [1.165, 1.54) is 0 Å². The fourth-order valence-electron chi connectivity index (χ4n) is 1.63. The lowest BCUT2D eigenvalue weighted by Crippen LogP contribution is -2.19. The summed E-state index contributed by atoms with van der Waals surface area (Å²) in [7, 11) is 0. The molecule has 0 fully saturated rings. The number of carbonyl (C=O) groups is 1. The Morgan fingerprint density at radius 1 is 1.56 bits per heavy atom. The van der Waals surface area contributed by atoms with E-state index >= 15 is 0 Å². The summed E-state index contributed by atoms with van der Waals surface area (Å²) in [6, 6.07) is 0.970. The Labute approximate surface area is 102 Å². The van der Waals surface area contributed by atoms with Gasteiger partial charge in [-0.2, -0.15) is 0 Å². The molecule has 0 spiro atoms. The summed E-state index contributed by atoms with van der Waals surface area (Å²) >= 11 is 0. The largest absolute Gasteiger partial charge is 0.466 e. The number of hydrogen-bond acceptors (Lipinski definition) is 4. The van der Waals surface area contributed by atoms with Gasteiger partial charge >= 0.3 is 5.97 Å². The number of nitrogens with one attached hydrogen (secondary N) is 1. The Morgan fingerprint density at radius 2 is 2.22 bits per heavy atom. The molecule has 0 saturated heterocycles. The fraction of sp³-hybridized carbons (Fsp3) is 0.455. The van der Waals surface area contributed by atoms with Crippen LogP contribution < -0.4 is 11.3 Å². The molecule has 0 radical (unpaired) electrons. The van der Waals surface area contributed by atoms with Gasteiger partial charge in [0.05, 0.1) is 13.0 Å². The summed E-state index contributed by atoms with van der Waals surface area (Å²) in [6.07, 6.45) is -3.19. The van der Waals surface area contributed by atoms with Crippen molar-refractivity contribution in [1.29, 1.82) is 0 Å². The molecule has 0 saturated carbocycles. The van der Waals surface area contributed by atoms with Gasteiger partial charge in [0.15, 0.2) is 0 Å². The Hall–Kier alpha value is -1.76. The molecule has 5 nitrogen and oxygen atoms in total. The van der Waals surface area contributed by atoms with E-state index in [4.69, 9.17) is 5.73 Å². The molecule has 1 rings (SSSR count). The van der Waals surface area contributed by atoms with Crippen molar-refractivity contribution in [3.63, 3.8) is 0 Å². The van der Waals surface area contributed by atoms with E-state index in [9.17, 15) is 18.4 Å². The lowest BCUT2D eigenvalue weighted by Gasteiger charge is -2.12. The number of H-pyrrole nitrogens is 1. The summed E-state index contributed by atoms with van der Waals surface area (Å²) in [4.78, 5) is 24.8. The molecule has 0 unspecified atom stereocenters. The monoisotopic (exact) mass is 260 g/mol. The molecular formula is C11H14F2N2O3. The number of ether oxygens (including phenoxy) is 1. The first-order valence-corrected chi connectivity index (χ1v) is 5.38. The van der Waals surface area contributed by atoms with Crippen LogP contribution in [-0.2, 0) is 22.5 Å². The SMILES string of the molecule is CCOC(=O)Cc1cc(=O)[nH]c(CN)c1C(F)F. The van der Waals surface area contributed by atoms with Gasteiger partial charge in [-0.05, 0) is 12.5 Å². The number of aromatic amines is 1. The number of nitrogens with two attached hydrogens (primary N) is 1. The molecule has 100 valence electrons. The quantitative estimate of drug-likeness (QED) is 0.769. The van der Waals surface area contributed by atoms with Crippen molar-refractivity contribution in [1.82, 2.24) is 4.98 Å². The number of esters is 1. The van der Waals surface area contributed by atoms with Gasteiger partial charge in [-0.15, -0.1) is 0 Å². The summed E-state index contributed by atoms with van der Waals surface area (Å²) < 4.78 is 30.5. The van der Waals surface area contributed by atoms with Crippen LogP contribution in [0.15, 0.2) is 10.9 Å². The van der Waals surface area contributed by atoms with E-state index in [2.05, 4.69) is 9.72 Å².